The largest absolute Gasteiger partial charge is 0.497 e. The lowest BCUT2D eigenvalue weighted by Gasteiger charge is -2.18. The quantitative estimate of drug-likeness (QED) is 0.801. The summed E-state index contributed by atoms with van der Waals surface area (Å²) in [6.07, 6.45) is 1.81. The van der Waals surface area contributed by atoms with Crippen molar-refractivity contribution in [2.24, 2.45) is 0 Å². The molecule has 0 aliphatic heterocycles. The van der Waals surface area contributed by atoms with Crippen LogP contribution in [0, 0.1) is 0 Å². The first-order chi connectivity index (χ1) is 12.0. The molecule has 5 nitrogen and oxygen atoms in total. The smallest absolute Gasteiger partial charge is 0.335 e. The molecule has 132 valence electrons. The van der Waals surface area contributed by atoms with Crippen molar-refractivity contribution in [3.8, 4) is 5.75 Å². The molecule has 25 heavy (non-hydrogen) atoms. The van der Waals surface area contributed by atoms with Gasteiger partial charge < -0.3 is 14.7 Å². The van der Waals surface area contributed by atoms with Gasteiger partial charge in [-0.2, -0.15) is 0 Å². The van der Waals surface area contributed by atoms with Gasteiger partial charge in [-0.1, -0.05) is 30.3 Å². The van der Waals surface area contributed by atoms with E-state index < -0.39 is 5.97 Å². The molecular weight excluding hydrogens is 318 g/mol. The molecule has 0 atom stereocenters. The van der Waals surface area contributed by atoms with Crippen molar-refractivity contribution in [2.75, 3.05) is 20.7 Å². The fourth-order valence-corrected chi connectivity index (χ4v) is 2.62. The van der Waals surface area contributed by atoms with Crippen molar-refractivity contribution >= 4 is 11.9 Å². The monoisotopic (exact) mass is 341 g/mol. The number of methoxy groups -OCH3 is 1. The van der Waals surface area contributed by atoms with E-state index in [4.69, 9.17) is 4.74 Å². The number of hydrogen-bond acceptors (Lipinski definition) is 3. The van der Waals surface area contributed by atoms with Crippen LogP contribution in [0.15, 0.2) is 48.5 Å². The average Bonchev–Trinajstić information content (AvgIpc) is 2.62. The molecule has 2 aromatic rings. The number of carboxylic acids is 1. The van der Waals surface area contributed by atoms with Crippen LogP contribution in [-0.2, 0) is 17.6 Å². The van der Waals surface area contributed by atoms with Gasteiger partial charge in [0.05, 0.1) is 19.1 Å². The number of aryl methyl sites for hydroxylation is 1. The summed E-state index contributed by atoms with van der Waals surface area (Å²) in [6.45, 7) is 0.625. The van der Waals surface area contributed by atoms with Crippen molar-refractivity contribution in [2.45, 2.75) is 19.3 Å². The Morgan fingerprint density at radius 1 is 1.08 bits per heavy atom. The summed E-state index contributed by atoms with van der Waals surface area (Å²) in [5.74, 6) is -0.262. The normalized spacial score (nSPS) is 10.3. The standard InChI is InChI=1S/C20H23NO4/c1-21(13-5-6-15-9-11-17(25-2)12-10-15)19(22)14-16-7-3-4-8-18(16)20(23)24/h3-4,7-12H,5-6,13-14H2,1-2H3,(H,23,24). The number of aromatic carboxylic acids is 1. The zero-order valence-electron chi connectivity index (χ0n) is 14.6. The van der Waals surface area contributed by atoms with Gasteiger partial charge in [0.1, 0.15) is 5.75 Å². The summed E-state index contributed by atoms with van der Waals surface area (Å²) in [5.41, 5.74) is 1.92. The highest BCUT2D eigenvalue weighted by Gasteiger charge is 2.15. The maximum Gasteiger partial charge on any atom is 0.335 e. The van der Waals surface area contributed by atoms with Gasteiger partial charge in [0, 0.05) is 13.6 Å². The Kier molecular flexibility index (Phi) is 6.57. The van der Waals surface area contributed by atoms with E-state index in [1.165, 1.54) is 11.6 Å². The van der Waals surface area contributed by atoms with E-state index in [9.17, 15) is 14.7 Å². The number of carboxylic acid groups (broad SMARTS) is 1. The molecule has 0 fully saturated rings. The van der Waals surface area contributed by atoms with Crippen LogP contribution in [-0.4, -0.2) is 42.6 Å². The third-order valence-corrected chi connectivity index (χ3v) is 4.13. The molecule has 0 aliphatic rings. The summed E-state index contributed by atoms with van der Waals surface area (Å²) in [4.78, 5) is 25.2. The molecule has 5 heteroatoms. The van der Waals surface area contributed by atoms with E-state index >= 15 is 0 Å². The summed E-state index contributed by atoms with van der Waals surface area (Å²) < 4.78 is 5.13. The number of hydrogen-bond donors (Lipinski definition) is 1. The van der Waals surface area contributed by atoms with Gasteiger partial charge in [-0.3, -0.25) is 4.79 Å². The highest BCUT2D eigenvalue weighted by molar-refractivity contribution is 5.91. The van der Waals surface area contributed by atoms with Crippen LogP contribution in [0.3, 0.4) is 0 Å². The SMILES string of the molecule is COc1ccc(CCCN(C)C(=O)Cc2ccccc2C(=O)O)cc1. The van der Waals surface area contributed by atoms with Crippen LogP contribution in [0.1, 0.15) is 27.9 Å². The van der Waals surface area contributed by atoms with Crippen LogP contribution < -0.4 is 4.74 Å². The van der Waals surface area contributed by atoms with E-state index in [0.29, 0.717) is 12.1 Å². The third-order valence-electron chi connectivity index (χ3n) is 4.13. The molecule has 0 spiro atoms. The maximum absolute atomic E-state index is 12.3. The van der Waals surface area contributed by atoms with E-state index in [0.717, 1.165) is 18.6 Å². The molecule has 2 rings (SSSR count). The van der Waals surface area contributed by atoms with Crippen molar-refractivity contribution in [1.82, 2.24) is 4.90 Å². The summed E-state index contributed by atoms with van der Waals surface area (Å²) in [6, 6.07) is 14.5. The van der Waals surface area contributed by atoms with E-state index in [-0.39, 0.29) is 17.9 Å². The predicted molar refractivity (Wildman–Crippen MR) is 96.1 cm³/mol. The van der Waals surface area contributed by atoms with Crippen LogP contribution in [0.25, 0.3) is 0 Å². The number of ether oxygens (including phenoxy) is 1. The number of rotatable bonds is 8. The molecule has 1 N–H and O–H groups in total. The van der Waals surface area contributed by atoms with Gasteiger partial charge in [-0.05, 0) is 42.2 Å². The first-order valence-corrected chi connectivity index (χ1v) is 8.19. The Hall–Kier alpha value is -2.82. The number of amides is 1. The highest BCUT2D eigenvalue weighted by Crippen LogP contribution is 2.13. The average molecular weight is 341 g/mol. The van der Waals surface area contributed by atoms with E-state index in [1.54, 1.807) is 37.3 Å². The molecule has 0 bridgehead atoms. The molecule has 0 heterocycles. The lowest BCUT2D eigenvalue weighted by atomic mass is 10.0. The fourth-order valence-electron chi connectivity index (χ4n) is 2.62. The minimum atomic E-state index is -1.01. The Bertz CT molecular complexity index is 725. The van der Waals surface area contributed by atoms with Gasteiger partial charge in [0.25, 0.3) is 0 Å². The molecule has 1 amide bonds. The van der Waals surface area contributed by atoms with Crippen molar-refractivity contribution in [1.29, 1.82) is 0 Å². The zero-order chi connectivity index (χ0) is 18.2. The molecule has 0 aliphatic carbocycles. The minimum absolute atomic E-state index is 0.0802. The van der Waals surface area contributed by atoms with Crippen LogP contribution in [0.5, 0.6) is 5.75 Å². The first kappa shape index (κ1) is 18.5. The summed E-state index contributed by atoms with van der Waals surface area (Å²) in [5, 5.41) is 9.19. The molecular formula is C20H23NO4. The summed E-state index contributed by atoms with van der Waals surface area (Å²) in [7, 11) is 3.39. The second-order valence-electron chi connectivity index (χ2n) is 5.91. The van der Waals surface area contributed by atoms with Gasteiger partial charge in [-0.25, -0.2) is 4.79 Å². The molecule has 0 aromatic heterocycles. The van der Waals surface area contributed by atoms with Crippen molar-refractivity contribution in [3.63, 3.8) is 0 Å². The number of likely N-dealkylation sites (N-methyl/N-ethyl adjacent to an activating group) is 1. The molecule has 0 saturated heterocycles. The summed E-state index contributed by atoms with van der Waals surface area (Å²) >= 11 is 0. The number of carbonyl (C=O) groups is 2. The topological polar surface area (TPSA) is 66.8 Å². The Morgan fingerprint density at radius 3 is 2.40 bits per heavy atom. The first-order valence-electron chi connectivity index (χ1n) is 8.19. The zero-order valence-corrected chi connectivity index (χ0v) is 14.6. The lowest BCUT2D eigenvalue weighted by Crippen LogP contribution is -2.30. The van der Waals surface area contributed by atoms with Gasteiger partial charge in [0.15, 0.2) is 0 Å². The molecule has 0 radical (unpaired) electrons. The fraction of sp³-hybridized carbons (Fsp3) is 0.300. The molecule has 0 unspecified atom stereocenters. The molecule has 0 saturated carbocycles. The van der Waals surface area contributed by atoms with Gasteiger partial charge in [-0.15, -0.1) is 0 Å². The van der Waals surface area contributed by atoms with Crippen LogP contribution in [0.2, 0.25) is 0 Å². The highest BCUT2D eigenvalue weighted by atomic mass is 16.5. The Balaban J connectivity index is 1.85. The maximum atomic E-state index is 12.3. The third kappa shape index (κ3) is 5.35. The molecule has 2 aromatic carbocycles. The van der Waals surface area contributed by atoms with E-state index in [1.807, 2.05) is 24.3 Å². The van der Waals surface area contributed by atoms with Crippen molar-refractivity contribution in [3.05, 3.63) is 65.2 Å². The van der Waals surface area contributed by atoms with E-state index in [2.05, 4.69) is 0 Å². The lowest BCUT2D eigenvalue weighted by molar-refractivity contribution is -0.129. The number of benzene rings is 2. The predicted octanol–water partition coefficient (Wildman–Crippen LogP) is 3.03. The van der Waals surface area contributed by atoms with Crippen LogP contribution in [0.4, 0.5) is 0 Å². The minimum Gasteiger partial charge on any atom is -0.497 e. The van der Waals surface area contributed by atoms with Gasteiger partial charge in [0.2, 0.25) is 5.91 Å². The second kappa shape index (κ2) is 8.87. The second-order valence-corrected chi connectivity index (χ2v) is 5.91. The Morgan fingerprint density at radius 2 is 1.76 bits per heavy atom. The number of carbonyl (C=O) groups excluding carboxylic acids is 1. The van der Waals surface area contributed by atoms with Crippen molar-refractivity contribution < 1.29 is 19.4 Å². The number of nitrogens with zero attached hydrogens (tertiary/aromatic N) is 1. The van der Waals surface area contributed by atoms with Crippen LogP contribution >= 0.6 is 0 Å². The van der Waals surface area contributed by atoms with Gasteiger partial charge >= 0.3 is 5.97 Å². The Labute approximate surface area is 147 Å².